The van der Waals surface area contributed by atoms with Crippen molar-refractivity contribution in [3.63, 3.8) is 0 Å². The van der Waals surface area contributed by atoms with E-state index < -0.39 is 0 Å². The molecule has 1 unspecified atom stereocenters. The average Bonchev–Trinajstić information content (AvgIpc) is 2.71. The first-order chi connectivity index (χ1) is 9.26. The second-order valence-electron chi connectivity index (χ2n) is 6.47. The molecule has 3 nitrogen and oxygen atoms in total. The van der Waals surface area contributed by atoms with Gasteiger partial charge in [0.1, 0.15) is 0 Å². The van der Waals surface area contributed by atoms with Crippen molar-refractivity contribution in [3.8, 4) is 0 Å². The van der Waals surface area contributed by atoms with Crippen LogP contribution >= 0.6 is 9.24 Å². The topological polar surface area (TPSA) is 30.7 Å². The van der Waals surface area contributed by atoms with Gasteiger partial charge in [0.15, 0.2) is 0 Å². The molecule has 1 aromatic heterocycles. The summed E-state index contributed by atoms with van der Waals surface area (Å²) in [5.74, 6) is 0. The normalized spacial score (nSPS) is 12.6. The molecule has 20 heavy (non-hydrogen) atoms. The highest BCUT2D eigenvalue weighted by Crippen LogP contribution is 2.20. The summed E-state index contributed by atoms with van der Waals surface area (Å²) in [5.41, 5.74) is 3.85. The van der Waals surface area contributed by atoms with Gasteiger partial charge in [-0.15, -0.1) is 14.3 Å². The molecule has 0 aliphatic carbocycles. The van der Waals surface area contributed by atoms with Gasteiger partial charge in [0, 0.05) is 12.6 Å². The number of hydrogen-bond donors (Lipinski definition) is 0. The van der Waals surface area contributed by atoms with E-state index in [9.17, 15) is 0 Å². The Hall–Kier alpha value is -0.950. The van der Waals surface area contributed by atoms with E-state index in [1.807, 2.05) is 10.9 Å². The molecule has 0 aromatic carbocycles. The number of allylic oxidation sites excluding steroid dienone is 4. The smallest absolute Gasteiger partial charge is 0.0835 e. The Morgan fingerprint density at radius 1 is 1.30 bits per heavy atom. The second kappa shape index (κ2) is 7.73. The van der Waals surface area contributed by atoms with E-state index >= 15 is 0 Å². The summed E-state index contributed by atoms with van der Waals surface area (Å²) in [5, 5.41) is 8.58. The van der Waals surface area contributed by atoms with Gasteiger partial charge in [0.25, 0.3) is 0 Å². The molecule has 0 aliphatic rings. The third-order valence-corrected chi connectivity index (χ3v) is 3.15. The maximum atomic E-state index is 4.23. The van der Waals surface area contributed by atoms with Gasteiger partial charge in [-0.1, -0.05) is 42.4 Å². The van der Waals surface area contributed by atoms with Crippen LogP contribution in [-0.2, 0) is 13.0 Å². The Morgan fingerprint density at radius 2 is 2.00 bits per heavy atom. The van der Waals surface area contributed by atoms with E-state index in [1.165, 1.54) is 11.1 Å². The first-order valence-corrected chi connectivity index (χ1v) is 7.81. The summed E-state index contributed by atoms with van der Waals surface area (Å²) in [4.78, 5) is 0. The molecule has 1 aromatic rings. The predicted octanol–water partition coefficient (Wildman–Crippen LogP) is 4.17. The van der Waals surface area contributed by atoms with Crippen LogP contribution in [0.25, 0.3) is 0 Å². The second-order valence-corrected chi connectivity index (χ2v) is 8.03. The summed E-state index contributed by atoms with van der Waals surface area (Å²) in [7, 11) is 2.85. The van der Waals surface area contributed by atoms with Crippen LogP contribution in [0.3, 0.4) is 0 Å². The maximum absolute atomic E-state index is 4.23. The predicted molar refractivity (Wildman–Crippen MR) is 89.9 cm³/mol. The van der Waals surface area contributed by atoms with Crippen molar-refractivity contribution in [3.05, 3.63) is 35.2 Å². The van der Waals surface area contributed by atoms with Crippen molar-refractivity contribution < 1.29 is 0 Å². The van der Waals surface area contributed by atoms with E-state index in [4.69, 9.17) is 0 Å². The first kappa shape index (κ1) is 17.1. The van der Waals surface area contributed by atoms with Gasteiger partial charge < -0.3 is 0 Å². The molecular weight excluding hydrogens is 265 g/mol. The van der Waals surface area contributed by atoms with Crippen LogP contribution in [0.2, 0.25) is 0 Å². The minimum atomic E-state index is 0.178. The molecule has 0 radical (unpaired) electrons. The van der Waals surface area contributed by atoms with E-state index in [1.54, 1.807) is 0 Å². The molecule has 0 spiro atoms. The van der Waals surface area contributed by atoms with Gasteiger partial charge in [-0.3, -0.25) is 0 Å². The van der Waals surface area contributed by atoms with Crippen molar-refractivity contribution in [1.82, 2.24) is 15.0 Å². The standard InChI is InChI=1S/C16H28N3P/c1-13(2)7-6-8-14(3)9-10-19-12-15(17-18-19)11-16(4,5)20/h7,9,12H,6,8,10-11,20H2,1-5H3/b14-9-. The van der Waals surface area contributed by atoms with Gasteiger partial charge in [-0.05, 0) is 38.8 Å². The molecule has 112 valence electrons. The van der Waals surface area contributed by atoms with Crippen molar-refractivity contribution in [2.45, 2.75) is 65.6 Å². The van der Waals surface area contributed by atoms with Crippen LogP contribution in [0.15, 0.2) is 29.5 Å². The Bertz CT molecular complexity index is 474. The monoisotopic (exact) mass is 293 g/mol. The Kier molecular flexibility index (Phi) is 6.61. The van der Waals surface area contributed by atoms with Gasteiger partial charge >= 0.3 is 0 Å². The van der Waals surface area contributed by atoms with Gasteiger partial charge in [0.05, 0.1) is 12.2 Å². The Labute approximate surface area is 125 Å². The molecule has 1 heterocycles. The minimum absolute atomic E-state index is 0.178. The number of rotatable bonds is 7. The molecule has 4 heteroatoms. The lowest BCUT2D eigenvalue weighted by Gasteiger charge is -2.14. The summed E-state index contributed by atoms with van der Waals surface area (Å²) in [6, 6.07) is 0. The molecule has 0 bridgehead atoms. The van der Waals surface area contributed by atoms with E-state index in [-0.39, 0.29) is 5.16 Å². The fourth-order valence-electron chi connectivity index (χ4n) is 1.92. The fourth-order valence-corrected chi connectivity index (χ4v) is 2.12. The number of nitrogens with zero attached hydrogens (tertiary/aromatic N) is 3. The average molecular weight is 293 g/mol. The number of hydrogen-bond acceptors (Lipinski definition) is 2. The van der Waals surface area contributed by atoms with Gasteiger partial charge in [0.2, 0.25) is 0 Å². The molecule has 1 rings (SSSR count). The lowest BCUT2D eigenvalue weighted by molar-refractivity contribution is 0.654. The molecule has 0 aliphatic heterocycles. The SMILES string of the molecule is CC(C)=CCC/C(C)=C\Cn1cc(CC(C)(C)P)nn1. The van der Waals surface area contributed by atoms with Crippen LogP contribution in [0.4, 0.5) is 0 Å². The van der Waals surface area contributed by atoms with Crippen molar-refractivity contribution in [2.75, 3.05) is 0 Å². The molecule has 0 amide bonds. The summed E-state index contributed by atoms with van der Waals surface area (Å²) >= 11 is 0. The van der Waals surface area contributed by atoms with Crippen LogP contribution in [0.1, 0.15) is 53.2 Å². The maximum Gasteiger partial charge on any atom is 0.0835 e. The van der Waals surface area contributed by atoms with Crippen molar-refractivity contribution >= 4 is 9.24 Å². The summed E-state index contributed by atoms with van der Waals surface area (Å²) in [6.07, 6.45) is 9.74. The van der Waals surface area contributed by atoms with E-state index in [0.717, 1.165) is 31.5 Å². The van der Waals surface area contributed by atoms with Crippen molar-refractivity contribution in [1.29, 1.82) is 0 Å². The van der Waals surface area contributed by atoms with Crippen LogP contribution in [0.5, 0.6) is 0 Å². The molecule has 0 saturated carbocycles. The van der Waals surface area contributed by atoms with E-state index in [2.05, 4.69) is 66.3 Å². The largest absolute Gasteiger partial charge is 0.248 e. The highest BCUT2D eigenvalue weighted by Gasteiger charge is 2.13. The van der Waals surface area contributed by atoms with Crippen LogP contribution < -0.4 is 0 Å². The minimum Gasteiger partial charge on any atom is -0.248 e. The molecule has 1 atom stereocenters. The van der Waals surface area contributed by atoms with E-state index in [0.29, 0.717) is 0 Å². The van der Waals surface area contributed by atoms with Gasteiger partial charge in [-0.2, -0.15) is 0 Å². The molecule has 0 fully saturated rings. The zero-order chi connectivity index (χ0) is 15.2. The Morgan fingerprint density at radius 3 is 2.60 bits per heavy atom. The Balaban J connectivity index is 2.47. The molecule has 0 saturated heterocycles. The third-order valence-electron chi connectivity index (χ3n) is 2.94. The van der Waals surface area contributed by atoms with Crippen LogP contribution in [-0.4, -0.2) is 20.1 Å². The zero-order valence-corrected chi connectivity index (χ0v) is 14.6. The lowest BCUT2D eigenvalue weighted by atomic mass is 10.1. The van der Waals surface area contributed by atoms with Gasteiger partial charge in [-0.25, -0.2) is 4.68 Å². The third kappa shape index (κ3) is 7.59. The molecule has 0 N–H and O–H groups in total. The fraction of sp³-hybridized carbons (Fsp3) is 0.625. The van der Waals surface area contributed by atoms with Crippen LogP contribution in [0, 0.1) is 0 Å². The molecular formula is C16H28N3P. The zero-order valence-electron chi connectivity index (χ0n) is 13.5. The highest BCUT2D eigenvalue weighted by molar-refractivity contribution is 7.18. The van der Waals surface area contributed by atoms with Crippen molar-refractivity contribution in [2.24, 2.45) is 0 Å². The lowest BCUT2D eigenvalue weighted by Crippen LogP contribution is -2.13. The summed E-state index contributed by atoms with van der Waals surface area (Å²) in [6.45, 7) is 11.6. The highest BCUT2D eigenvalue weighted by atomic mass is 31.0. The quantitative estimate of drug-likeness (QED) is 0.558. The first-order valence-electron chi connectivity index (χ1n) is 7.23. The summed E-state index contributed by atoms with van der Waals surface area (Å²) < 4.78 is 1.91. The number of aromatic nitrogens is 3.